The van der Waals surface area contributed by atoms with Crippen LogP contribution in [0.15, 0.2) is 40.6 Å². The maximum absolute atomic E-state index is 12.4. The quantitative estimate of drug-likeness (QED) is 0.882. The molecule has 25 heavy (non-hydrogen) atoms. The van der Waals surface area contributed by atoms with E-state index < -0.39 is 9.84 Å². The van der Waals surface area contributed by atoms with Crippen molar-refractivity contribution in [2.75, 3.05) is 49.7 Å². The van der Waals surface area contributed by atoms with Crippen molar-refractivity contribution in [1.29, 1.82) is 0 Å². The van der Waals surface area contributed by atoms with Gasteiger partial charge in [-0.15, -0.1) is 11.3 Å². The minimum Gasteiger partial charge on any atom is -0.367 e. The van der Waals surface area contributed by atoms with Crippen molar-refractivity contribution < 1.29 is 13.2 Å². The van der Waals surface area contributed by atoms with E-state index in [1.54, 1.807) is 24.3 Å². The van der Waals surface area contributed by atoms with Gasteiger partial charge in [0, 0.05) is 32.4 Å². The Morgan fingerprint density at radius 3 is 2.48 bits per heavy atom. The van der Waals surface area contributed by atoms with Crippen LogP contribution >= 0.6 is 11.3 Å². The van der Waals surface area contributed by atoms with Gasteiger partial charge in [0.25, 0.3) is 5.91 Å². The number of carbonyl (C=O) groups is 1. The molecule has 2 aromatic rings. The van der Waals surface area contributed by atoms with E-state index in [9.17, 15) is 13.2 Å². The van der Waals surface area contributed by atoms with E-state index in [-0.39, 0.29) is 10.8 Å². The highest BCUT2D eigenvalue weighted by Crippen LogP contribution is 2.30. The molecule has 1 aliphatic rings. The summed E-state index contributed by atoms with van der Waals surface area (Å²) >= 11 is 1.35. The molecular weight excluding hydrogens is 358 g/mol. The standard InChI is InChI=1S/C17H21N3O3S2/c1-19-7-9-20(10-8-19)15-6-5-13(25(2,22)23)12-14(15)18-17(21)16-4-3-11-24-16/h3-6,11-12H,7-10H2,1-2H3,(H,18,21). The highest BCUT2D eigenvalue weighted by Gasteiger charge is 2.20. The lowest BCUT2D eigenvalue weighted by molar-refractivity contribution is 0.103. The van der Waals surface area contributed by atoms with E-state index in [0.29, 0.717) is 10.6 Å². The molecule has 6 nitrogen and oxygen atoms in total. The minimum atomic E-state index is -3.35. The summed E-state index contributed by atoms with van der Waals surface area (Å²) in [5.41, 5.74) is 1.39. The molecule has 0 atom stereocenters. The summed E-state index contributed by atoms with van der Waals surface area (Å²) in [4.78, 5) is 17.7. The highest BCUT2D eigenvalue weighted by molar-refractivity contribution is 7.90. The number of piperazine rings is 1. The van der Waals surface area contributed by atoms with E-state index in [1.165, 1.54) is 17.6 Å². The Balaban J connectivity index is 1.95. The number of likely N-dealkylation sites (N-methyl/N-ethyl adjacent to an activating group) is 1. The fourth-order valence-corrected chi connectivity index (χ4v) is 4.03. The molecular formula is C17H21N3O3S2. The van der Waals surface area contributed by atoms with Gasteiger partial charge in [0.1, 0.15) is 0 Å². The Hall–Kier alpha value is -1.90. The molecule has 1 amide bonds. The van der Waals surface area contributed by atoms with Crippen molar-refractivity contribution in [3.63, 3.8) is 0 Å². The van der Waals surface area contributed by atoms with E-state index in [4.69, 9.17) is 0 Å². The summed E-state index contributed by atoms with van der Waals surface area (Å²) < 4.78 is 23.8. The molecule has 0 saturated carbocycles. The molecule has 3 rings (SSSR count). The smallest absolute Gasteiger partial charge is 0.265 e. The monoisotopic (exact) mass is 379 g/mol. The van der Waals surface area contributed by atoms with Crippen LogP contribution in [0.4, 0.5) is 11.4 Å². The lowest BCUT2D eigenvalue weighted by Crippen LogP contribution is -2.44. The normalized spacial score (nSPS) is 16.0. The SMILES string of the molecule is CN1CCN(c2ccc(S(C)(=O)=O)cc2NC(=O)c2cccs2)CC1. The number of nitrogens with zero attached hydrogens (tertiary/aromatic N) is 2. The lowest BCUT2D eigenvalue weighted by atomic mass is 10.2. The van der Waals surface area contributed by atoms with Gasteiger partial charge in [-0.1, -0.05) is 6.07 Å². The second-order valence-corrected chi connectivity index (χ2v) is 9.14. The molecule has 1 aromatic heterocycles. The first-order chi connectivity index (χ1) is 11.8. The van der Waals surface area contributed by atoms with E-state index in [0.717, 1.165) is 31.9 Å². The predicted molar refractivity (Wildman–Crippen MR) is 102 cm³/mol. The number of carbonyl (C=O) groups excluding carboxylic acids is 1. The zero-order valence-corrected chi connectivity index (χ0v) is 15.9. The highest BCUT2D eigenvalue weighted by atomic mass is 32.2. The number of anilines is 2. The second kappa shape index (κ2) is 7.15. The van der Waals surface area contributed by atoms with Crippen LogP contribution in [0.1, 0.15) is 9.67 Å². The molecule has 0 bridgehead atoms. The summed E-state index contributed by atoms with van der Waals surface area (Å²) in [6.07, 6.45) is 1.17. The van der Waals surface area contributed by atoms with Crippen LogP contribution < -0.4 is 10.2 Å². The van der Waals surface area contributed by atoms with Crippen LogP contribution in [0.3, 0.4) is 0 Å². The van der Waals surface area contributed by atoms with Crippen molar-refractivity contribution in [1.82, 2.24) is 4.90 Å². The zero-order chi connectivity index (χ0) is 18.0. The van der Waals surface area contributed by atoms with Crippen molar-refractivity contribution in [3.05, 3.63) is 40.6 Å². The zero-order valence-electron chi connectivity index (χ0n) is 14.2. The Bertz CT molecular complexity index is 855. The number of nitrogens with one attached hydrogen (secondary N) is 1. The first kappa shape index (κ1) is 17.9. The summed E-state index contributed by atoms with van der Waals surface area (Å²) in [6, 6.07) is 8.49. The molecule has 1 saturated heterocycles. The third kappa shape index (κ3) is 4.20. The predicted octanol–water partition coefficient (Wildman–Crippen LogP) is 2.16. The Morgan fingerprint density at radius 2 is 1.88 bits per heavy atom. The number of sulfone groups is 1. The third-order valence-corrected chi connectivity index (χ3v) is 6.21. The molecule has 1 fully saturated rings. The van der Waals surface area contributed by atoms with Gasteiger partial charge in [-0.25, -0.2) is 8.42 Å². The van der Waals surface area contributed by atoms with E-state index >= 15 is 0 Å². The topological polar surface area (TPSA) is 69.7 Å². The largest absolute Gasteiger partial charge is 0.367 e. The summed E-state index contributed by atoms with van der Waals surface area (Å²) in [7, 11) is -1.27. The molecule has 1 N–H and O–H groups in total. The Kier molecular flexibility index (Phi) is 5.12. The van der Waals surface area contributed by atoms with Crippen LogP contribution in [0.2, 0.25) is 0 Å². The molecule has 0 spiro atoms. The molecule has 0 radical (unpaired) electrons. The molecule has 1 aromatic carbocycles. The average Bonchev–Trinajstić information content (AvgIpc) is 3.09. The van der Waals surface area contributed by atoms with Crippen molar-refractivity contribution >= 4 is 38.5 Å². The van der Waals surface area contributed by atoms with Gasteiger partial charge in [-0.3, -0.25) is 4.79 Å². The summed E-state index contributed by atoms with van der Waals surface area (Å²) in [6.45, 7) is 3.51. The van der Waals surface area contributed by atoms with Gasteiger partial charge < -0.3 is 15.1 Å². The number of benzene rings is 1. The fraction of sp³-hybridized carbons (Fsp3) is 0.353. The molecule has 134 valence electrons. The first-order valence-corrected chi connectivity index (χ1v) is 10.7. The lowest BCUT2D eigenvalue weighted by Gasteiger charge is -2.35. The van der Waals surface area contributed by atoms with Crippen LogP contribution in [0.25, 0.3) is 0 Å². The van der Waals surface area contributed by atoms with Gasteiger partial charge in [0.05, 0.1) is 21.1 Å². The Labute approximate surface area is 152 Å². The van der Waals surface area contributed by atoms with Crippen molar-refractivity contribution in [2.45, 2.75) is 4.90 Å². The third-order valence-electron chi connectivity index (χ3n) is 4.23. The molecule has 2 heterocycles. The molecule has 0 aliphatic carbocycles. The maximum atomic E-state index is 12.4. The van der Waals surface area contributed by atoms with Crippen LogP contribution in [0, 0.1) is 0 Å². The number of amides is 1. The number of rotatable bonds is 4. The maximum Gasteiger partial charge on any atom is 0.265 e. The van der Waals surface area contributed by atoms with Gasteiger partial charge in [0.15, 0.2) is 9.84 Å². The first-order valence-electron chi connectivity index (χ1n) is 7.97. The molecule has 1 aliphatic heterocycles. The van der Waals surface area contributed by atoms with Gasteiger partial charge in [-0.05, 0) is 36.7 Å². The van der Waals surface area contributed by atoms with E-state index in [2.05, 4.69) is 22.2 Å². The Morgan fingerprint density at radius 1 is 1.16 bits per heavy atom. The number of thiophene rings is 1. The fourth-order valence-electron chi connectivity index (χ4n) is 2.76. The number of hydrogen-bond donors (Lipinski definition) is 1. The second-order valence-electron chi connectivity index (χ2n) is 6.17. The van der Waals surface area contributed by atoms with Crippen LogP contribution in [0.5, 0.6) is 0 Å². The van der Waals surface area contributed by atoms with Crippen molar-refractivity contribution in [3.8, 4) is 0 Å². The minimum absolute atomic E-state index is 0.201. The van der Waals surface area contributed by atoms with Crippen molar-refractivity contribution in [2.24, 2.45) is 0 Å². The number of hydrogen-bond acceptors (Lipinski definition) is 6. The van der Waals surface area contributed by atoms with Crippen LogP contribution in [-0.4, -0.2) is 58.7 Å². The van der Waals surface area contributed by atoms with E-state index in [1.807, 2.05) is 11.4 Å². The van der Waals surface area contributed by atoms with Gasteiger partial charge in [-0.2, -0.15) is 0 Å². The summed E-state index contributed by atoms with van der Waals surface area (Å²) in [5.74, 6) is -0.226. The van der Waals surface area contributed by atoms with Gasteiger partial charge in [0.2, 0.25) is 0 Å². The average molecular weight is 380 g/mol. The molecule has 0 unspecified atom stereocenters. The van der Waals surface area contributed by atoms with Crippen LogP contribution in [-0.2, 0) is 9.84 Å². The molecule has 8 heteroatoms. The van der Waals surface area contributed by atoms with Gasteiger partial charge >= 0.3 is 0 Å². The summed E-state index contributed by atoms with van der Waals surface area (Å²) in [5, 5.41) is 4.72.